The van der Waals surface area contributed by atoms with Gasteiger partial charge in [0.1, 0.15) is 5.15 Å². The van der Waals surface area contributed by atoms with Crippen molar-refractivity contribution >= 4 is 34.6 Å². The first-order valence-electron chi connectivity index (χ1n) is 6.83. The van der Waals surface area contributed by atoms with E-state index in [1.54, 1.807) is 13.8 Å². The Morgan fingerprint density at radius 1 is 0.846 bits per heavy atom. The normalized spacial score (nSPS) is 9.77. The number of nitrogens with zero attached hydrogens (tertiary/aromatic N) is 4. The van der Waals surface area contributed by atoms with Gasteiger partial charge in [0.05, 0.1) is 24.1 Å². The number of aryl methyl sites for hydroxylation is 2. The summed E-state index contributed by atoms with van der Waals surface area (Å²) in [6.07, 6.45) is 0. The summed E-state index contributed by atoms with van der Waals surface area (Å²) in [5.74, 6) is 0.233. The first-order valence-corrected chi connectivity index (χ1v) is 7.59. The smallest absolute Gasteiger partial charge is 0.331 e. The topological polar surface area (TPSA) is 131 Å². The molecule has 0 spiro atoms. The summed E-state index contributed by atoms with van der Waals surface area (Å²) < 4.78 is 9.55. The monoisotopic (exact) mass is 404 g/mol. The second-order valence-electron chi connectivity index (χ2n) is 4.76. The number of nitro groups is 2. The Hall–Kier alpha value is -2.72. The van der Waals surface area contributed by atoms with Crippen molar-refractivity contribution in [1.82, 2.24) is 9.97 Å². The maximum Gasteiger partial charge on any atom is 0.331 e. The molecule has 12 heteroatoms. The first-order chi connectivity index (χ1) is 12.1. The molecule has 0 atom stereocenters. The SMILES string of the molecule is COc1nc(Cl)c(C)cc1[N+](=O)[O-].COc1nc(Cl)c([N+](=O)[O-])cc1C. The first kappa shape index (κ1) is 21.3. The van der Waals surface area contributed by atoms with Gasteiger partial charge in [-0.2, -0.15) is 9.97 Å². The van der Waals surface area contributed by atoms with Crippen molar-refractivity contribution in [3.05, 3.63) is 53.8 Å². The van der Waals surface area contributed by atoms with Crippen LogP contribution in [0.25, 0.3) is 0 Å². The van der Waals surface area contributed by atoms with Crippen molar-refractivity contribution < 1.29 is 19.3 Å². The second kappa shape index (κ2) is 9.11. The number of hydrogen-bond acceptors (Lipinski definition) is 8. The molecular formula is C14H14Cl2N4O6. The van der Waals surface area contributed by atoms with Gasteiger partial charge >= 0.3 is 11.4 Å². The average Bonchev–Trinajstić information content (AvgIpc) is 2.58. The fraction of sp³-hybridized carbons (Fsp3) is 0.286. The van der Waals surface area contributed by atoms with E-state index in [0.717, 1.165) is 0 Å². The molecule has 0 saturated heterocycles. The van der Waals surface area contributed by atoms with E-state index in [4.69, 9.17) is 32.7 Å². The maximum atomic E-state index is 10.5. The highest BCUT2D eigenvalue weighted by molar-refractivity contribution is 6.31. The van der Waals surface area contributed by atoms with Crippen LogP contribution < -0.4 is 9.47 Å². The van der Waals surface area contributed by atoms with Crippen LogP contribution in [0.3, 0.4) is 0 Å². The second-order valence-corrected chi connectivity index (χ2v) is 5.48. The molecule has 2 rings (SSSR count). The summed E-state index contributed by atoms with van der Waals surface area (Å²) in [6, 6.07) is 2.66. The lowest BCUT2D eigenvalue weighted by atomic mass is 10.3. The fourth-order valence-electron chi connectivity index (χ4n) is 1.74. The summed E-state index contributed by atoms with van der Waals surface area (Å²) in [5, 5.41) is 21.0. The molecule has 0 radical (unpaired) electrons. The highest BCUT2D eigenvalue weighted by Crippen LogP contribution is 2.29. The minimum Gasteiger partial charge on any atom is -0.481 e. The molecule has 2 heterocycles. The zero-order chi connectivity index (χ0) is 20.0. The van der Waals surface area contributed by atoms with Crippen LogP contribution in [-0.4, -0.2) is 34.0 Å². The zero-order valence-corrected chi connectivity index (χ0v) is 15.7. The molecule has 0 aliphatic heterocycles. The molecule has 2 aromatic heterocycles. The molecule has 140 valence electrons. The standard InChI is InChI=1S/2C7H7ClN2O3/c1-4-3-5(10(11)12)6(8)9-7(4)13-2;1-4-3-5(10(11)12)7(13-2)9-6(4)8/h2*3H,1-2H3. The van der Waals surface area contributed by atoms with Crippen LogP contribution in [0.2, 0.25) is 10.3 Å². The van der Waals surface area contributed by atoms with E-state index in [9.17, 15) is 20.2 Å². The van der Waals surface area contributed by atoms with Crippen LogP contribution in [-0.2, 0) is 0 Å². The number of ether oxygens (including phenoxy) is 2. The minimum atomic E-state index is -0.582. The molecule has 0 unspecified atom stereocenters. The molecular weight excluding hydrogens is 391 g/mol. The van der Waals surface area contributed by atoms with Gasteiger partial charge in [0.2, 0.25) is 11.0 Å². The fourth-order valence-corrected chi connectivity index (χ4v) is 2.07. The third kappa shape index (κ3) is 5.14. The summed E-state index contributed by atoms with van der Waals surface area (Å²) in [5.41, 5.74) is 0.747. The molecule has 26 heavy (non-hydrogen) atoms. The van der Waals surface area contributed by atoms with E-state index in [2.05, 4.69) is 9.97 Å². The molecule has 0 bridgehead atoms. The van der Waals surface area contributed by atoms with Gasteiger partial charge in [-0.3, -0.25) is 20.2 Å². The van der Waals surface area contributed by atoms with E-state index >= 15 is 0 Å². The molecule has 0 aliphatic rings. The number of rotatable bonds is 4. The molecule has 0 fully saturated rings. The lowest BCUT2D eigenvalue weighted by molar-refractivity contribution is -0.386. The predicted octanol–water partition coefficient (Wildman–Crippen LogP) is 3.92. The Balaban J connectivity index is 0.000000260. The van der Waals surface area contributed by atoms with Crippen molar-refractivity contribution in [3.63, 3.8) is 0 Å². The van der Waals surface area contributed by atoms with E-state index in [1.165, 1.54) is 26.4 Å². The summed E-state index contributed by atoms with van der Waals surface area (Å²) in [4.78, 5) is 27.2. The molecule has 0 saturated carbocycles. The highest BCUT2D eigenvalue weighted by atomic mass is 35.5. The Morgan fingerprint density at radius 2 is 1.31 bits per heavy atom. The molecule has 0 aliphatic carbocycles. The van der Waals surface area contributed by atoms with Crippen LogP contribution in [0.15, 0.2) is 12.1 Å². The lowest BCUT2D eigenvalue weighted by Gasteiger charge is -2.02. The van der Waals surface area contributed by atoms with Gasteiger partial charge in [-0.15, -0.1) is 0 Å². The van der Waals surface area contributed by atoms with Crippen LogP contribution in [0.5, 0.6) is 11.8 Å². The van der Waals surface area contributed by atoms with Crippen LogP contribution in [0.1, 0.15) is 11.1 Å². The molecule has 0 aromatic carbocycles. The number of hydrogen-bond donors (Lipinski definition) is 0. The van der Waals surface area contributed by atoms with E-state index in [0.29, 0.717) is 17.0 Å². The summed E-state index contributed by atoms with van der Waals surface area (Å²) in [6.45, 7) is 3.30. The lowest BCUT2D eigenvalue weighted by Crippen LogP contribution is -1.97. The molecule has 2 aromatic rings. The number of methoxy groups -OCH3 is 2. The Bertz CT molecular complexity index is 847. The predicted molar refractivity (Wildman–Crippen MR) is 94.4 cm³/mol. The van der Waals surface area contributed by atoms with Gasteiger partial charge in [-0.1, -0.05) is 23.2 Å². The van der Waals surface area contributed by atoms with Gasteiger partial charge in [0, 0.05) is 17.7 Å². The van der Waals surface area contributed by atoms with Crippen molar-refractivity contribution in [2.75, 3.05) is 14.2 Å². The van der Waals surface area contributed by atoms with Crippen LogP contribution >= 0.6 is 23.2 Å². The third-order valence-corrected chi connectivity index (χ3v) is 3.64. The van der Waals surface area contributed by atoms with Gasteiger partial charge in [-0.25, -0.2) is 0 Å². The van der Waals surface area contributed by atoms with Crippen LogP contribution in [0.4, 0.5) is 11.4 Å². The Labute approximate surface area is 158 Å². The van der Waals surface area contributed by atoms with Crippen molar-refractivity contribution in [2.45, 2.75) is 13.8 Å². The van der Waals surface area contributed by atoms with Gasteiger partial charge < -0.3 is 9.47 Å². The van der Waals surface area contributed by atoms with Gasteiger partial charge in [0.15, 0.2) is 0 Å². The van der Waals surface area contributed by atoms with Crippen LogP contribution in [0, 0.1) is 34.1 Å². The molecule has 10 nitrogen and oxygen atoms in total. The number of aromatic nitrogens is 2. The van der Waals surface area contributed by atoms with Crippen molar-refractivity contribution in [3.8, 4) is 11.8 Å². The van der Waals surface area contributed by atoms with E-state index in [-0.39, 0.29) is 27.6 Å². The average molecular weight is 405 g/mol. The zero-order valence-electron chi connectivity index (χ0n) is 14.1. The third-order valence-electron chi connectivity index (χ3n) is 2.98. The Kier molecular flexibility index (Phi) is 7.47. The largest absolute Gasteiger partial charge is 0.481 e. The highest BCUT2D eigenvalue weighted by Gasteiger charge is 2.18. The molecule has 0 amide bonds. The maximum absolute atomic E-state index is 10.5. The van der Waals surface area contributed by atoms with Gasteiger partial charge in [-0.05, 0) is 19.4 Å². The number of pyridine rings is 2. The number of halogens is 2. The summed E-state index contributed by atoms with van der Waals surface area (Å²) >= 11 is 11.2. The minimum absolute atomic E-state index is 0.0689. The summed E-state index contributed by atoms with van der Waals surface area (Å²) in [7, 11) is 2.73. The Morgan fingerprint density at radius 3 is 1.77 bits per heavy atom. The van der Waals surface area contributed by atoms with Crippen molar-refractivity contribution in [2.24, 2.45) is 0 Å². The molecule has 0 N–H and O–H groups in total. The van der Waals surface area contributed by atoms with Gasteiger partial charge in [0.25, 0.3) is 5.88 Å². The van der Waals surface area contributed by atoms with Crippen molar-refractivity contribution in [1.29, 1.82) is 0 Å². The van der Waals surface area contributed by atoms with E-state index in [1.807, 2.05) is 0 Å². The quantitative estimate of drug-likeness (QED) is 0.425. The van der Waals surface area contributed by atoms with E-state index < -0.39 is 9.85 Å².